The number of hydrogen-bond acceptors (Lipinski definition) is 11. The zero-order chi connectivity index (χ0) is 47.4. The first-order valence-corrected chi connectivity index (χ1v) is 25.7. The number of carbonyl (C=O) groups is 1. The van der Waals surface area contributed by atoms with Gasteiger partial charge in [-0.15, -0.1) is 0 Å². The molecule has 6 rings (SSSR count). The van der Waals surface area contributed by atoms with Crippen LogP contribution in [-0.2, 0) is 60.8 Å². The Hall–Kier alpha value is -4.84. The van der Waals surface area contributed by atoms with E-state index in [0.29, 0.717) is 79.1 Å². The molecule has 1 atom stereocenters. The first-order valence-electron chi connectivity index (χ1n) is 20.0. The average molecular weight is 962 g/mol. The van der Waals surface area contributed by atoms with Crippen LogP contribution in [0.1, 0.15) is 70.9 Å². The Morgan fingerprint density at radius 3 is 1.80 bits per heavy atom. The lowest BCUT2D eigenvalue weighted by atomic mass is 9.76. The molecule has 0 spiro atoms. The van der Waals surface area contributed by atoms with Gasteiger partial charge in [-0.2, -0.15) is 38.2 Å². The standard InChI is InChI=1S/C43H48N2O15S4/c1-6-44-33-18-16-29-31(23-27(61(48,49)50)25-35(29)63(54,55)56)40(33)42(2,3)37(44)13-9-7-10-14-38-43(4,20-22-60-5)41-32-24-28(62(51,52)53)26-36(64(57,58)59)30(32)17-19-34(41)45(38)21-12-8-11-15-39(46)47/h7,9-10,13-14,16-19,23-26H,6,8,11-12,15,20-22H2,1-5H3,(H4-,46,47,48,49,50,51,52,53,54,55,56,57,58,59)/p+1. The van der Waals surface area contributed by atoms with Crippen molar-refractivity contribution in [2.75, 3.05) is 31.7 Å². The lowest BCUT2D eigenvalue weighted by Gasteiger charge is -2.30. The Balaban J connectivity index is 1.48. The van der Waals surface area contributed by atoms with E-state index >= 15 is 0 Å². The third-order valence-corrected chi connectivity index (χ3v) is 15.4. The van der Waals surface area contributed by atoms with Crippen LogP contribution >= 0.6 is 0 Å². The number of carboxylic acid groups (broad SMARTS) is 1. The number of fused-ring (bicyclic) bond motifs is 6. The van der Waals surface area contributed by atoms with Crippen LogP contribution in [0.5, 0.6) is 0 Å². The number of unbranched alkanes of at least 4 members (excludes halogenated alkanes) is 2. The van der Waals surface area contributed by atoms with E-state index in [1.807, 2.05) is 49.3 Å². The highest BCUT2D eigenvalue weighted by Crippen LogP contribution is 2.54. The summed E-state index contributed by atoms with van der Waals surface area (Å²) in [6.45, 7) is 8.56. The molecule has 2 heterocycles. The number of methoxy groups -OCH3 is 1. The summed E-state index contributed by atoms with van der Waals surface area (Å²) < 4.78 is 148. The number of benzene rings is 4. The zero-order valence-corrected chi connectivity index (χ0v) is 38.8. The van der Waals surface area contributed by atoms with Gasteiger partial charge >= 0.3 is 5.97 Å². The molecule has 17 nitrogen and oxygen atoms in total. The number of carboxylic acids is 1. The number of allylic oxidation sites excluding steroid dienone is 6. The quantitative estimate of drug-likeness (QED) is 0.0314. The predicted octanol–water partition coefficient (Wildman–Crippen LogP) is 6.83. The molecule has 2 aliphatic rings. The number of ether oxygens (including phenoxy) is 1. The first-order chi connectivity index (χ1) is 29.7. The summed E-state index contributed by atoms with van der Waals surface area (Å²) in [4.78, 5) is 10.4. The molecule has 0 radical (unpaired) electrons. The summed E-state index contributed by atoms with van der Waals surface area (Å²) in [5.41, 5.74) is 1.89. The molecular formula is C43H49N2O15S4+. The molecule has 0 amide bonds. The van der Waals surface area contributed by atoms with Gasteiger partial charge in [-0.1, -0.05) is 30.7 Å². The van der Waals surface area contributed by atoms with E-state index in [-0.39, 0.29) is 34.6 Å². The summed E-state index contributed by atoms with van der Waals surface area (Å²) in [6.07, 6.45) is 10.8. The van der Waals surface area contributed by atoms with Crippen LogP contribution in [0.25, 0.3) is 21.5 Å². The van der Waals surface area contributed by atoms with Gasteiger partial charge in [0, 0.05) is 72.0 Å². The summed E-state index contributed by atoms with van der Waals surface area (Å²) >= 11 is 0. The van der Waals surface area contributed by atoms with Gasteiger partial charge in [0.1, 0.15) is 16.3 Å². The van der Waals surface area contributed by atoms with Gasteiger partial charge < -0.3 is 14.7 Å². The second kappa shape index (κ2) is 17.5. The maximum atomic E-state index is 12.7. The minimum atomic E-state index is -4.99. The predicted molar refractivity (Wildman–Crippen MR) is 239 cm³/mol. The van der Waals surface area contributed by atoms with Crippen LogP contribution in [0.3, 0.4) is 0 Å². The Labute approximate surface area is 372 Å². The Morgan fingerprint density at radius 1 is 0.719 bits per heavy atom. The highest BCUT2D eigenvalue weighted by atomic mass is 32.2. The molecule has 0 fully saturated rings. The van der Waals surface area contributed by atoms with E-state index in [1.54, 1.807) is 30.4 Å². The first kappa shape index (κ1) is 48.6. The Morgan fingerprint density at radius 2 is 1.28 bits per heavy atom. The molecule has 0 aromatic heterocycles. The van der Waals surface area contributed by atoms with E-state index in [9.17, 15) is 61.8 Å². The number of nitrogens with zero attached hydrogens (tertiary/aromatic N) is 2. The molecular weight excluding hydrogens is 913 g/mol. The average Bonchev–Trinajstić information content (AvgIpc) is 3.56. The van der Waals surface area contributed by atoms with Crippen molar-refractivity contribution in [1.82, 2.24) is 0 Å². The van der Waals surface area contributed by atoms with Crippen molar-refractivity contribution < 1.29 is 71.1 Å². The lowest BCUT2D eigenvalue weighted by Crippen LogP contribution is -2.30. The fourth-order valence-corrected chi connectivity index (χ4v) is 11.8. The molecule has 2 aliphatic heterocycles. The van der Waals surface area contributed by atoms with Gasteiger partial charge in [0.2, 0.25) is 5.69 Å². The van der Waals surface area contributed by atoms with Gasteiger partial charge in [0.25, 0.3) is 40.5 Å². The van der Waals surface area contributed by atoms with E-state index in [0.717, 1.165) is 5.71 Å². The molecule has 0 aliphatic carbocycles. The monoisotopic (exact) mass is 961 g/mol. The summed E-state index contributed by atoms with van der Waals surface area (Å²) in [6, 6.07) is 10.0. The van der Waals surface area contributed by atoms with Crippen molar-refractivity contribution in [2.45, 2.75) is 90.2 Å². The van der Waals surface area contributed by atoms with Crippen LogP contribution in [0.2, 0.25) is 0 Å². The molecule has 21 heteroatoms. The van der Waals surface area contributed by atoms with Gasteiger partial charge in [0.15, 0.2) is 5.71 Å². The van der Waals surface area contributed by atoms with Crippen molar-refractivity contribution in [1.29, 1.82) is 0 Å². The van der Waals surface area contributed by atoms with E-state index < -0.39 is 76.9 Å². The summed E-state index contributed by atoms with van der Waals surface area (Å²) in [5, 5.41) is 9.65. The SMILES string of the molecule is CC[N+]1=C(/C=C/C=C/C=C2/N(CCCCCC(=O)O)c3ccc4c(S(=O)(=O)O)cc(S(=O)(=O)O)cc4c3C2(C)CCOC)C(C)(C)c2c1ccc1c(S(=O)(=O)O)cc(S(=O)(=O)O)cc21. The van der Waals surface area contributed by atoms with Crippen molar-refractivity contribution in [3.05, 3.63) is 95.7 Å². The van der Waals surface area contributed by atoms with Crippen molar-refractivity contribution in [3.63, 3.8) is 0 Å². The topological polar surface area (TPSA) is 270 Å². The Bertz CT molecular complexity index is 3190. The molecule has 4 aromatic carbocycles. The molecule has 0 saturated heterocycles. The zero-order valence-electron chi connectivity index (χ0n) is 35.5. The molecule has 64 heavy (non-hydrogen) atoms. The molecule has 1 unspecified atom stereocenters. The smallest absolute Gasteiger partial charge is 0.303 e. The molecule has 0 bridgehead atoms. The van der Waals surface area contributed by atoms with E-state index in [4.69, 9.17) is 4.74 Å². The second-order valence-corrected chi connectivity index (χ2v) is 22.0. The summed E-state index contributed by atoms with van der Waals surface area (Å²) in [7, 11) is -18.3. The van der Waals surface area contributed by atoms with Crippen LogP contribution in [-0.4, -0.2) is 100 Å². The number of hydrogen-bond donors (Lipinski definition) is 5. The third-order valence-electron chi connectivity index (χ3n) is 11.9. The largest absolute Gasteiger partial charge is 0.481 e. The fraction of sp³-hybridized carbons (Fsp3) is 0.349. The molecule has 4 aromatic rings. The molecule has 5 N–H and O–H groups in total. The Kier molecular flexibility index (Phi) is 13.3. The van der Waals surface area contributed by atoms with E-state index in [2.05, 4.69) is 0 Å². The van der Waals surface area contributed by atoms with Gasteiger partial charge in [0.05, 0.1) is 15.2 Å². The molecule has 344 valence electrons. The highest BCUT2D eigenvalue weighted by Gasteiger charge is 2.47. The third kappa shape index (κ3) is 9.18. The number of anilines is 1. The van der Waals surface area contributed by atoms with Gasteiger partial charge in [-0.05, 0) is 106 Å². The van der Waals surface area contributed by atoms with Gasteiger partial charge in [-0.25, -0.2) is 0 Å². The number of aliphatic carboxylic acids is 1. The lowest BCUT2D eigenvalue weighted by molar-refractivity contribution is -0.433. The maximum Gasteiger partial charge on any atom is 0.303 e. The fourth-order valence-electron chi connectivity index (χ4n) is 9.08. The maximum absolute atomic E-state index is 12.7. The van der Waals surface area contributed by atoms with Crippen LogP contribution in [0.15, 0.2) is 104 Å². The highest BCUT2D eigenvalue weighted by molar-refractivity contribution is 7.87. The minimum Gasteiger partial charge on any atom is -0.481 e. The second-order valence-electron chi connectivity index (χ2n) is 16.3. The van der Waals surface area contributed by atoms with Crippen LogP contribution < -0.4 is 4.90 Å². The van der Waals surface area contributed by atoms with Gasteiger partial charge in [-0.3, -0.25) is 23.0 Å². The van der Waals surface area contributed by atoms with Crippen molar-refractivity contribution in [2.24, 2.45) is 0 Å². The van der Waals surface area contributed by atoms with Crippen molar-refractivity contribution in [3.8, 4) is 0 Å². The molecule has 0 saturated carbocycles. The summed E-state index contributed by atoms with van der Waals surface area (Å²) in [5.74, 6) is -0.927. The van der Waals surface area contributed by atoms with E-state index in [1.165, 1.54) is 31.4 Å². The van der Waals surface area contributed by atoms with Crippen LogP contribution in [0, 0.1) is 0 Å². The van der Waals surface area contributed by atoms with Crippen LogP contribution in [0.4, 0.5) is 11.4 Å². The number of rotatable bonds is 17. The minimum absolute atomic E-state index is 0.0206. The normalized spacial score (nSPS) is 18.6. The van der Waals surface area contributed by atoms with Crippen molar-refractivity contribution >= 4 is 85.1 Å².